The van der Waals surface area contributed by atoms with E-state index >= 15 is 0 Å². The Bertz CT molecular complexity index is 1430. The predicted molar refractivity (Wildman–Crippen MR) is 140 cm³/mol. The van der Waals surface area contributed by atoms with E-state index < -0.39 is 5.76 Å². The number of benzene rings is 3. The van der Waals surface area contributed by atoms with Gasteiger partial charge in [0.05, 0.1) is 11.1 Å². The van der Waals surface area contributed by atoms with Gasteiger partial charge in [0.2, 0.25) is 0 Å². The standard InChI is InChI=1S/C27H21F3N4O2S2/c28-18-9-7-17(8-10-18)23-31-32-27(34(23)19-11-13-20(14-12-19)38-26(29)30)37-16-4-3-15-33-24(35)21-5-1-2-6-22(21)25(33)36/h1-2,5-14,26H,3-4,15-16H2. The Morgan fingerprint density at radius 2 is 1.47 bits per heavy atom. The lowest BCUT2D eigenvalue weighted by Crippen LogP contribution is -2.30. The Kier molecular flexibility index (Phi) is 7.85. The normalized spacial score (nSPS) is 13.0. The molecule has 38 heavy (non-hydrogen) atoms. The number of fused-ring (bicyclic) bond motifs is 1. The van der Waals surface area contributed by atoms with E-state index in [9.17, 15) is 22.8 Å². The molecule has 0 atom stereocenters. The van der Waals surface area contributed by atoms with Crippen LogP contribution in [0.4, 0.5) is 13.2 Å². The number of thioether (sulfide) groups is 2. The molecule has 0 bridgehead atoms. The lowest BCUT2D eigenvalue weighted by molar-refractivity contribution is 0.0652. The highest BCUT2D eigenvalue weighted by Gasteiger charge is 2.34. The molecule has 194 valence electrons. The van der Waals surface area contributed by atoms with Crippen molar-refractivity contribution in [2.75, 3.05) is 12.3 Å². The Balaban J connectivity index is 1.28. The first-order valence-corrected chi connectivity index (χ1v) is 13.6. The molecule has 3 aromatic carbocycles. The molecule has 1 aliphatic heterocycles. The fourth-order valence-corrected chi connectivity index (χ4v) is 5.59. The van der Waals surface area contributed by atoms with Gasteiger partial charge in [0, 0.05) is 28.4 Å². The highest BCUT2D eigenvalue weighted by Crippen LogP contribution is 2.31. The molecule has 0 radical (unpaired) electrons. The van der Waals surface area contributed by atoms with Crippen LogP contribution in [-0.2, 0) is 0 Å². The van der Waals surface area contributed by atoms with Crippen molar-refractivity contribution in [1.82, 2.24) is 19.7 Å². The molecular weight excluding hydrogens is 533 g/mol. The van der Waals surface area contributed by atoms with E-state index in [1.54, 1.807) is 65.2 Å². The first-order valence-electron chi connectivity index (χ1n) is 11.8. The van der Waals surface area contributed by atoms with Crippen LogP contribution >= 0.6 is 23.5 Å². The second-order valence-electron chi connectivity index (χ2n) is 8.38. The van der Waals surface area contributed by atoms with E-state index in [4.69, 9.17) is 0 Å². The molecular formula is C27H21F3N4O2S2. The summed E-state index contributed by atoms with van der Waals surface area (Å²) in [5.41, 5.74) is 2.21. The maximum atomic E-state index is 13.5. The van der Waals surface area contributed by atoms with Crippen molar-refractivity contribution in [1.29, 1.82) is 0 Å². The third kappa shape index (κ3) is 5.48. The minimum absolute atomic E-state index is 0.268. The molecule has 1 aliphatic rings. The number of carbonyl (C=O) groups is 2. The van der Waals surface area contributed by atoms with Crippen molar-refractivity contribution in [3.63, 3.8) is 0 Å². The molecule has 0 saturated heterocycles. The minimum Gasteiger partial charge on any atom is -0.274 e. The van der Waals surface area contributed by atoms with Crippen LogP contribution in [0.3, 0.4) is 0 Å². The van der Waals surface area contributed by atoms with Gasteiger partial charge in [-0.05, 0) is 73.5 Å². The van der Waals surface area contributed by atoms with Crippen molar-refractivity contribution >= 4 is 35.3 Å². The Morgan fingerprint density at radius 3 is 2.11 bits per heavy atom. The number of nitrogens with zero attached hydrogens (tertiary/aromatic N) is 4. The van der Waals surface area contributed by atoms with E-state index in [-0.39, 0.29) is 17.6 Å². The van der Waals surface area contributed by atoms with Crippen molar-refractivity contribution in [3.05, 3.63) is 89.7 Å². The van der Waals surface area contributed by atoms with Crippen molar-refractivity contribution in [2.24, 2.45) is 0 Å². The summed E-state index contributed by atoms with van der Waals surface area (Å²) in [4.78, 5) is 26.8. The van der Waals surface area contributed by atoms with E-state index in [0.717, 1.165) is 0 Å². The first-order chi connectivity index (χ1) is 18.4. The molecule has 6 nitrogen and oxygen atoms in total. The molecule has 4 aromatic rings. The van der Waals surface area contributed by atoms with E-state index in [2.05, 4.69) is 10.2 Å². The maximum Gasteiger partial charge on any atom is 0.288 e. The molecule has 5 rings (SSSR count). The SMILES string of the molecule is O=C1c2ccccc2C(=O)N1CCCCSc1nnc(-c2ccc(F)cc2)n1-c1ccc(SC(F)F)cc1. The highest BCUT2D eigenvalue weighted by molar-refractivity contribution is 7.99. The first kappa shape index (κ1) is 26.1. The van der Waals surface area contributed by atoms with Crippen molar-refractivity contribution < 1.29 is 22.8 Å². The lowest BCUT2D eigenvalue weighted by atomic mass is 10.1. The molecule has 0 saturated carbocycles. The Hall–Kier alpha value is -3.57. The van der Waals surface area contributed by atoms with E-state index in [0.29, 0.717) is 75.2 Å². The molecule has 2 heterocycles. The molecule has 11 heteroatoms. The molecule has 1 aromatic heterocycles. The smallest absolute Gasteiger partial charge is 0.274 e. The minimum atomic E-state index is -2.52. The van der Waals surface area contributed by atoms with Crippen LogP contribution in [0.1, 0.15) is 33.6 Å². The summed E-state index contributed by atoms with van der Waals surface area (Å²) in [7, 11) is 0. The largest absolute Gasteiger partial charge is 0.288 e. The van der Waals surface area contributed by atoms with Gasteiger partial charge in [-0.1, -0.05) is 35.7 Å². The van der Waals surface area contributed by atoms with Gasteiger partial charge >= 0.3 is 0 Å². The van der Waals surface area contributed by atoms with Crippen LogP contribution in [0, 0.1) is 5.82 Å². The number of aromatic nitrogens is 3. The summed E-state index contributed by atoms with van der Waals surface area (Å²) in [6.45, 7) is 0.323. The second-order valence-corrected chi connectivity index (χ2v) is 10.5. The average Bonchev–Trinajstić information content (AvgIpc) is 3.44. The number of carbonyl (C=O) groups excluding carboxylic acids is 2. The zero-order valence-corrected chi connectivity index (χ0v) is 21.5. The maximum absolute atomic E-state index is 13.5. The average molecular weight is 555 g/mol. The van der Waals surface area contributed by atoms with Gasteiger partial charge in [-0.25, -0.2) is 4.39 Å². The molecule has 2 amide bonds. The summed E-state index contributed by atoms with van der Waals surface area (Å²) in [6, 6.07) is 19.3. The van der Waals surface area contributed by atoms with Crippen molar-refractivity contribution in [3.8, 4) is 17.1 Å². The summed E-state index contributed by atoms with van der Waals surface area (Å²) in [6.07, 6.45) is 1.33. The number of unbranched alkanes of at least 4 members (excludes halogenated alkanes) is 1. The number of amides is 2. The molecule has 0 fully saturated rings. The van der Waals surface area contributed by atoms with Gasteiger partial charge in [-0.2, -0.15) is 8.78 Å². The fraction of sp³-hybridized carbons (Fsp3) is 0.185. The Labute approximate surface area is 225 Å². The quantitative estimate of drug-likeness (QED) is 0.126. The van der Waals surface area contributed by atoms with E-state index in [1.165, 1.54) is 28.8 Å². The summed E-state index contributed by atoms with van der Waals surface area (Å²) >= 11 is 1.91. The molecule has 0 unspecified atom stereocenters. The molecule has 0 spiro atoms. The van der Waals surface area contributed by atoms with Gasteiger partial charge < -0.3 is 0 Å². The zero-order valence-electron chi connectivity index (χ0n) is 19.9. The van der Waals surface area contributed by atoms with Crippen LogP contribution in [0.15, 0.2) is 82.8 Å². The second kappa shape index (κ2) is 11.4. The number of hydrogen-bond donors (Lipinski definition) is 0. The van der Waals surface area contributed by atoms with Crippen LogP contribution < -0.4 is 0 Å². The predicted octanol–water partition coefficient (Wildman–Crippen LogP) is 6.56. The monoisotopic (exact) mass is 554 g/mol. The molecule has 0 N–H and O–H groups in total. The van der Waals surface area contributed by atoms with Gasteiger partial charge in [0.15, 0.2) is 11.0 Å². The Morgan fingerprint density at radius 1 is 0.816 bits per heavy atom. The lowest BCUT2D eigenvalue weighted by Gasteiger charge is -2.13. The molecule has 0 aliphatic carbocycles. The van der Waals surface area contributed by atoms with Gasteiger partial charge in [-0.15, -0.1) is 10.2 Å². The van der Waals surface area contributed by atoms with Crippen LogP contribution in [-0.4, -0.2) is 49.5 Å². The van der Waals surface area contributed by atoms with E-state index in [1.807, 2.05) is 0 Å². The zero-order chi connectivity index (χ0) is 26.6. The number of imide groups is 1. The van der Waals surface area contributed by atoms with Gasteiger partial charge in [-0.3, -0.25) is 19.1 Å². The van der Waals surface area contributed by atoms with Crippen LogP contribution in [0.25, 0.3) is 17.1 Å². The van der Waals surface area contributed by atoms with Gasteiger partial charge in [0.25, 0.3) is 17.6 Å². The summed E-state index contributed by atoms with van der Waals surface area (Å²) in [5, 5.41) is 9.22. The topological polar surface area (TPSA) is 68.1 Å². The van der Waals surface area contributed by atoms with Crippen LogP contribution in [0.2, 0.25) is 0 Å². The number of halogens is 3. The third-order valence-corrected chi connectivity index (χ3v) is 7.68. The summed E-state index contributed by atoms with van der Waals surface area (Å²) < 4.78 is 40.8. The van der Waals surface area contributed by atoms with Crippen LogP contribution in [0.5, 0.6) is 0 Å². The highest BCUT2D eigenvalue weighted by atomic mass is 32.2. The van der Waals surface area contributed by atoms with Crippen molar-refractivity contribution in [2.45, 2.75) is 28.7 Å². The number of rotatable bonds is 10. The van der Waals surface area contributed by atoms with Gasteiger partial charge in [0.1, 0.15) is 5.82 Å². The fourth-order valence-electron chi connectivity index (χ4n) is 4.14. The number of hydrogen-bond acceptors (Lipinski definition) is 6. The summed E-state index contributed by atoms with van der Waals surface area (Å²) in [5.74, 6) is -2.29. The number of alkyl halides is 2. The third-order valence-electron chi connectivity index (χ3n) is 5.94.